The molecule has 0 aromatic rings. The largest absolute Gasteiger partial charge is 0.381 e. The molecular formula is C13H24N2O2. The van der Waals surface area contributed by atoms with Gasteiger partial charge in [-0.25, -0.2) is 0 Å². The first kappa shape index (κ1) is 12.8. The Labute approximate surface area is 103 Å². The molecule has 2 N–H and O–H groups in total. The number of amides is 1. The fourth-order valence-corrected chi connectivity index (χ4v) is 3.03. The third kappa shape index (κ3) is 2.47. The van der Waals surface area contributed by atoms with Gasteiger partial charge in [0.15, 0.2) is 0 Å². The second-order valence-corrected chi connectivity index (χ2v) is 5.61. The topological polar surface area (TPSA) is 55.6 Å². The Kier molecular flexibility index (Phi) is 3.73. The number of hydrogen-bond donors (Lipinski definition) is 1. The fourth-order valence-electron chi connectivity index (χ4n) is 3.03. The van der Waals surface area contributed by atoms with Crippen molar-refractivity contribution in [2.75, 3.05) is 13.2 Å². The van der Waals surface area contributed by atoms with Gasteiger partial charge >= 0.3 is 0 Å². The highest BCUT2D eigenvalue weighted by Gasteiger charge is 2.42. The maximum Gasteiger partial charge on any atom is 0.243 e. The summed E-state index contributed by atoms with van der Waals surface area (Å²) >= 11 is 0. The van der Waals surface area contributed by atoms with Crippen LogP contribution < -0.4 is 5.73 Å². The predicted octanol–water partition coefficient (Wildman–Crippen LogP) is 1.28. The molecule has 2 fully saturated rings. The molecule has 0 spiro atoms. The number of carbonyl (C=O) groups is 1. The van der Waals surface area contributed by atoms with Gasteiger partial charge in [0.1, 0.15) is 0 Å². The third-order valence-electron chi connectivity index (χ3n) is 4.24. The van der Waals surface area contributed by atoms with Gasteiger partial charge in [-0.3, -0.25) is 4.79 Å². The lowest BCUT2D eigenvalue weighted by Crippen LogP contribution is -2.62. The maximum absolute atomic E-state index is 12.6. The lowest BCUT2D eigenvalue weighted by molar-refractivity contribution is -0.146. The highest BCUT2D eigenvalue weighted by Crippen LogP contribution is 2.28. The number of nitrogens with two attached hydrogens (primary N) is 1. The number of carbonyl (C=O) groups excluding carboxylic acids is 1. The first-order chi connectivity index (χ1) is 8.04. The fraction of sp³-hybridized carbons (Fsp3) is 0.923. The van der Waals surface area contributed by atoms with E-state index in [1.807, 2.05) is 4.90 Å². The standard InChI is InChI=1S/C13H24N2O2/c1-10-4-3-5-11(2)15(10)12(16)13(14)6-8-17-9-7-13/h10-11H,3-9,14H2,1-2H3. The van der Waals surface area contributed by atoms with E-state index in [0.717, 1.165) is 12.8 Å². The van der Waals surface area contributed by atoms with Crippen LogP contribution in [0.15, 0.2) is 0 Å². The van der Waals surface area contributed by atoms with Crippen LogP contribution in [0.4, 0.5) is 0 Å². The van der Waals surface area contributed by atoms with Gasteiger partial charge in [0.2, 0.25) is 5.91 Å². The van der Waals surface area contributed by atoms with Crippen LogP contribution in [0.2, 0.25) is 0 Å². The minimum absolute atomic E-state index is 0.139. The van der Waals surface area contributed by atoms with Crippen molar-refractivity contribution in [2.45, 2.75) is 63.6 Å². The van der Waals surface area contributed by atoms with Crippen molar-refractivity contribution in [3.05, 3.63) is 0 Å². The number of hydrogen-bond acceptors (Lipinski definition) is 3. The molecule has 2 aliphatic heterocycles. The van der Waals surface area contributed by atoms with Crippen molar-refractivity contribution in [3.63, 3.8) is 0 Å². The Morgan fingerprint density at radius 1 is 1.24 bits per heavy atom. The predicted molar refractivity (Wildman–Crippen MR) is 66.6 cm³/mol. The van der Waals surface area contributed by atoms with Crippen LogP contribution in [0, 0.1) is 0 Å². The third-order valence-corrected chi connectivity index (χ3v) is 4.24. The van der Waals surface area contributed by atoms with E-state index < -0.39 is 5.54 Å². The molecule has 2 heterocycles. The SMILES string of the molecule is CC1CCCC(C)N1C(=O)C1(N)CCOCC1. The lowest BCUT2D eigenvalue weighted by atomic mass is 9.86. The van der Waals surface area contributed by atoms with Crippen LogP contribution in [0.25, 0.3) is 0 Å². The second-order valence-electron chi connectivity index (χ2n) is 5.61. The summed E-state index contributed by atoms with van der Waals surface area (Å²) in [7, 11) is 0. The molecule has 0 aliphatic carbocycles. The zero-order valence-electron chi connectivity index (χ0n) is 10.9. The smallest absolute Gasteiger partial charge is 0.243 e. The van der Waals surface area contributed by atoms with Crippen LogP contribution in [-0.4, -0.2) is 41.6 Å². The van der Waals surface area contributed by atoms with Crippen molar-refractivity contribution in [3.8, 4) is 0 Å². The summed E-state index contributed by atoms with van der Waals surface area (Å²) in [5.41, 5.74) is 5.60. The van der Waals surface area contributed by atoms with Gasteiger partial charge in [-0.2, -0.15) is 0 Å². The summed E-state index contributed by atoms with van der Waals surface area (Å²) in [6.07, 6.45) is 4.72. The molecule has 0 saturated carbocycles. The average Bonchev–Trinajstić information content (AvgIpc) is 2.29. The summed E-state index contributed by atoms with van der Waals surface area (Å²) in [5, 5.41) is 0. The van der Waals surface area contributed by atoms with Crippen LogP contribution in [0.5, 0.6) is 0 Å². The Morgan fingerprint density at radius 2 is 1.76 bits per heavy atom. The first-order valence-corrected chi connectivity index (χ1v) is 6.74. The number of likely N-dealkylation sites (tertiary alicyclic amines) is 1. The maximum atomic E-state index is 12.6. The minimum atomic E-state index is -0.682. The van der Waals surface area contributed by atoms with Gasteiger partial charge < -0.3 is 15.4 Å². The molecule has 0 radical (unpaired) electrons. The molecule has 0 aromatic heterocycles. The number of nitrogens with zero attached hydrogens (tertiary/aromatic N) is 1. The van der Waals surface area contributed by atoms with Crippen LogP contribution in [0.1, 0.15) is 46.0 Å². The van der Waals surface area contributed by atoms with E-state index in [0.29, 0.717) is 38.1 Å². The van der Waals surface area contributed by atoms with Crippen molar-refractivity contribution in [1.29, 1.82) is 0 Å². The van der Waals surface area contributed by atoms with E-state index in [4.69, 9.17) is 10.5 Å². The number of piperidine rings is 1. The minimum Gasteiger partial charge on any atom is -0.381 e. The molecular weight excluding hydrogens is 216 g/mol. The average molecular weight is 240 g/mol. The van der Waals surface area contributed by atoms with E-state index in [9.17, 15) is 4.79 Å². The van der Waals surface area contributed by atoms with E-state index in [1.54, 1.807) is 0 Å². The Morgan fingerprint density at radius 3 is 2.29 bits per heavy atom. The van der Waals surface area contributed by atoms with Crippen molar-refractivity contribution >= 4 is 5.91 Å². The van der Waals surface area contributed by atoms with Crippen LogP contribution in [-0.2, 0) is 9.53 Å². The normalized spacial score (nSPS) is 33.5. The summed E-state index contributed by atoms with van der Waals surface area (Å²) in [5.74, 6) is 0.139. The molecule has 17 heavy (non-hydrogen) atoms. The summed E-state index contributed by atoms with van der Waals surface area (Å²) in [6, 6.07) is 0.657. The summed E-state index contributed by atoms with van der Waals surface area (Å²) < 4.78 is 5.31. The summed E-state index contributed by atoms with van der Waals surface area (Å²) in [4.78, 5) is 14.7. The quantitative estimate of drug-likeness (QED) is 0.751. The Hall–Kier alpha value is -0.610. The molecule has 0 aromatic carbocycles. The van der Waals surface area contributed by atoms with Gasteiger partial charge in [0, 0.05) is 25.3 Å². The molecule has 0 bridgehead atoms. The highest BCUT2D eigenvalue weighted by atomic mass is 16.5. The molecule has 98 valence electrons. The first-order valence-electron chi connectivity index (χ1n) is 6.74. The van der Waals surface area contributed by atoms with Crippen molar-refractivity contribution < 1.29 is 9.53 Å². The van der Waals surface area contributed by atoms with Gasteiger partial charge in [-0.05, 0) is 46.0 Å². The number of ether oxygens (including phenoxy) is 1. The van der Waals surface area contributed by atoms with Crippen molar-refractivity contribution in [1.82, 2.24) is 4.90 Å². The van der Waals surface area contributed by atoms with E-state index in [-0.39, 0.29) is 5.91 Å². The van der Waals surface area contributed by atoms with E-state index in [2.05, 4.69) is 13.8 Å². The molecule has 1 amide bonds. The molecule has 2 aliphatic rings. The highest BCUT2D eigenvalue weighted by molar-refractivity contribution is 5.86. The van der Waals surface area contributed by atoms with E-state index >= 15 is 0 Å². The zero-order chi connectivity index (χ0) is 12.5. The Bertz CT molecular complexity index is 277. The lowest BCUT2D eigenvalue weighted by Gasteiger charge is -2.44. The molecule has 2 rings (SSSR count). The number of rotatable bonds is 1. The van der Waals surface area contributed by atoms with Gasteiger partial charge in [-0.15, -0.1) is 0 Å². The molecule has 2 unspecified atom stereocenters. The van der Waals surface area contributed by atoms with Gasteiger partial charge in [0.05, 0.1) is 5.54 Å². The van der Waals surface area contributed by atoms with Crippen molar-refractivity contribution in [2.24, 2.45) is 5.73 Å². The van der Waals surface area contributed by atoms with Gasteiger partial charge in [-0.1, -0.05) is 0 Å². The Balaban J connectivity index is 2.11. The molecule has 4 nitrogen and oxygen atoms in total. The second kappa shape index (κ2) is 4.94. The van der Waals surface area contributed by atoms with E-state index in [1.165, 1.54) is 6.42 Å². The monoisotopic (exact) mass is 240 g/mol. The van der Waals surface area contributed by atoms with Crippen LogP contribution >= 0.6 is 0 Å². The van der Waals surface area contributed by atoms with Gasteiger partial charge in [0.25, 0.3) is 0 Å². The molecule has 2 saturated heterocycles. The molecule has 2 atom stereocenters. The zero-order valence-corrected chi connectivity index (χ0v) is 10.9. The van der Waals surface area contributed by atoms with Crippen LogP contribution in [0.3, 0.4) is 0 Å². The summed E-state index contributed by atoms with van der Waals surface area (Å²) in [6.45, 7) is 5.49. The molecule has 4 heteroatoms.